The molecule has 1 N–H and O–H groups in total. The van der Waals surface area contributed by atoms with E-state index in [1.807, 2.05) is 13.8 Å². The molecule has 0 radical (unpaired) electrons. The summed E-state index contributed by atoms with van der Waals surface area (Å²) < 4.78 is 52.0. The van der Waals surface area contributed by atoms with E-state index in [1.54, 1.807) is 0 Å². The highest BCUT2D eigenvalue weighted by molar-refractivity contribution is 5.98. The van der Waals surface area contributed by atoms with Gasteiger partial charge in [0.2, 0.25) is 0 Å². The molecule has 0 saturated heterocycles. The molecular weight excluding hydrogens is 274 g/mol. The van der Waals surface area contributed by atoms with E-state index in [2.05, 4.69) is 5.32 Å². The van der Waals surface area contributed by atoms with Gasteiger partial charge < -0.3 is 5.32 Å². The van der Waals surface area contributed by atoms with E-state index >= 15 is 0 Å². The number of alkyl halides is 3. The Morgan fingerprint density at radius 2 is 1.80 bits per heavy atom. The summed E-state index contributed by atoms with van der Waals surface area (Å²) in [5.41, 5.74) is -1.93. The highest BCUT2D eigenvalue weighted by atomic mass is 19.4. The molecule has 1 amide bonds. The van der Waals surface area contributed by atoms with Crippen molar-refractivity contribution in [2.75, 3.05) is 6.54 Å². The zero-order chi connectivity index (χ0) is 15.1. The van der Waals surface area contributed by atoms with Crippen LogP contribution in [0.1, 0.15) is 48.2 Å². The topological polar surface area (TPSA) is 29.1 Å². The Balaban J connectivity index is 0.000000704. The molecule has 20 heavy (non-hydrogen) atoms. The van der Waals surface area contributed by atoms with Gasteiger partial charge in [-0.1, -0.05) is 13.8 Å². The van der Waals surface area contributed by atoms with E-state index in [9.17, 15) is 22.4 Å². The average molecular weight is 289 g/mol. The maximum absolute atomic E-state index is 14.1. The van der Waals surface area contributed by atoms with Crippen molar-refractivity contribution >= 4 is 5.91 Å². The fourth-order valence-electron chi connectivity index (χ4n) is 2.51. The number of hydrogen-bond acceptors (Lipinski definition) is 1. The predicted molar refractivity (Wildman–Crippen MR) is 66.0 cm³/mol. The monoisotopic (exact) mass is 289 g/mol. The molecule has 0 aromatic heterocycles. The summed E-state index contributed by atoms with van der Waals surface area (Å²) in [5, 5.41) is 2.59. The maximum Gasteiger partial charge on any atom is 0.419 e. The molecule has 1 aliphatic heterocycles. The third kappa shape index (κ3) is 2.17. The lowest BCUT2D eigenvalue weighted by molar-refractivity contribution is -0.140. The fraction of sp³-hybridized carbons (Fsp3) is 0.500. The standard InChI is InChI=1S/C12H9F4NO.C2H6/c13-9-7(12(14,15)16)2-1-6-8(9)11(3-4-11)5-17-10(6)18;1-2/h1-2H,3-5H2,(H,17,18);1-2H3. The first-order valence-electron chi connectivity index (χ1n) is 6.53. The number of carbonyl (C=O) groups is 1. The minimum absolute atomic E-state index is 0.0317. The van der Waals surface area contributed by atoms with Gasteiger partial charge in [-0.3, -0.25) is 4.79 Å². The van der Waals surface area contributed by atoms with Gasteiger partial charge >= 0.3 is 6.18 Å². The van der Waals surface area contributed by atoms with E-state index in [4.69, 9.17) is 0 Å². The highest BCUT2D eigenvalue weighted by Crippen LogP contribution is 2.52. The Kier molecular flexibility index (Phi) is 3.52. The van der Waals surface area contributed by atoms with Crippen LogP contribution in [0.3, 0.4) is 0 Å². The second-order valence-corrected chi connectivity index (χ2v) is 4.81. The van der Waals surface area contributed by atoms with Gasteiger partial charge in [0.25, 0.3) is 5.91 Å². The van der Waals surface area contributed by atoms with Gasteiger partial charge in [-0.25, -0.2) is 4.39 Å². The molecule has 0 bridgehead atoms. The number of rotatable bonds is 0. The lowest BCUT2D eigenvalue weighted by Gasteiger charge is -2.27. The number of benzene rings is 1. The minimum Gasteiger partial charge on any atom is -0.351 e. The quantitative estimate of drug-likeness (QED) is 0.726. The van der Waals surface area contributed by atoms with Crippen LogP contribution < -0.4 is 5.32 Å². The van der Waals surface area contributed by atoms with Crippen LogP contribution >= 0.6 is 0 Å². The van der Waals surface area contributed by atoms with Crippen LogP contribution in [0, 0.1) is 5.82 Å². The molecule has 110 valence electrons. The van der Waals surface area contributed by atoms with E-state index in [-0.39, 0.29) is 17.7 Å². The van der Waals surface area contributed by atoms with Crippen molar-refractivity contribution in [3.05, 3.63) is 34.6 Å². The SMILES string of the molecule is CC.O=C1NCC2(CC2)c2c1ccc(C(F)(F)F)c2F. The number of nitrogens with one attached hydrogen (secondary N) is 1. The molecule has 1 heterocycles. The highest BCUT2D eigenvalue weighted by Gasteiger charge is 2.52. The van der Waals surface area contributed by atoms with Gasteiger partial charge in [0.1, 0.15) is 5.82 Å². The molecule has 1 aromatic carbocycles. The summed E-state index contributed by atoms with van der Waals surface area (Å²) >= 11 is 0. The van der Waals surface area contributed by atoms with Crippen LogP contribution in [-0.4, -0.2) is 12.5 Å². The summed E-state index contributed by atoms with van der Waals surface area (Å²) in [7, 11) is 0. The van der Waals surface area contributed by atoms with Crippen LogP contribution in [0.25, 0.3) is 0 Å². The van der Waals surface area contributed by atoms with Crippen LogP contribution in [0.4, 0.5) is 17.6 Å². The lowest BCUT2D eigenvalue weighted by atomic mass is 9.85. The Bertz CT molecular complexity index is 547. The average Bonchev–Trinajstić information content (AvgIpc) is 3.16. The van der Waals surface area contributed by atoms with Crippen LogP contribution in [0.2, 0.25) is 0 Å². The van der Waals surface area contributed by atoms with Crippen molar-refractivity contribution in [1.29, 1.82) is 0 Å². The third-order valence-corrected chi connectivity index (χ3v) is 3.66. The predicted octanol–water partition coefficient (Wildman–Crippen LogP) is 3.65. The van der Waals surface area contributed by atoms with Crippen molar-refractivity contribution in [2.45, 2.75) is 38.3 Å². The summed E-state index contributed by atoms with van der Waals surface area (Å²) in [6, 6.07) is 1.70. The molecule has 6 heteroatoms. The molecular formula is C14H15F4NO. The number of fused-ring (bicyclic) bond motifs is 2. The van der Waals surface area contributed by atoms with E-state index in [0.717, 1.165) is 6.07 Å². The second-order valence-electron chi connectivity index (χ2n) is 4.81. The molecule has 3 rings (SSSR count). The zero-order valence-electron chi connectivity index (χ0n) is 11.2. The van der Waals surface area contributed by atoms with E-state index < -0.39 is 28.9 Å². The number of carbonyl (C=O) groups excluding carboxylic acids is 1. The Morgan fingerprint density at radius 3 is 2.30 bits per heavy atom. The van der Waals surface area contributed by atoms with Gasteiger partial charge in [0, 0.05) is 23.1 Å². The molecule has 1 spiro atoms. The molecule has 1 fully saturated rings. The zero-order valence-corrected chi connectivity index (χ0v) is 11.2. The van der Waals surface area contributed by atoms with Crippen molar-refractivity contribution in [2.24, 2.45) is 0 Å². The largest absolute Gasteiger partial charge is 0.419 e. The van der Waals surface area contributed by atoms with Crippen LogP contribution in [0.15, 0.2) is 12.1 Å². The second kappa shape index (κ2) is 4.75. The maximum atomic E-state index is 14.1. The molecule has 2 nitrogen and oxygen atoms in total. The first-order chi connectivity index (χ1) is 9.35. The van der Waals surface area contributed by atoms with Crippen molar-refractivity contribution in [1.82, 2.24) is 5.32 Å². The Hall–Kier alpha value is -1.59. The molecule has 1 saturated carbocycles. The van der Waals surface area contributed by atoms with Gasteiger partial charge in [0.15, 0.2) is 0 Å². The van der Waals surface area contributed by atoms with Crippen molar-refractivity contribution in [3.63, 3.8) is 0 Å². The summed E-state index contributed by atoms with van der Waals surface area (Å²) in [6.45, 7) is 4.22. The van der Waals surface area contributed by atoms with Gasteiger partial charge in [-0.2, -0.15) is 13.2 Å². The van der Waals surface area contributed by atoms with Gasteiger partial charge in [-0.05, 0) is 25.0 Å². The Morgan fingerprint density at radius 1 is 1.20 bits per heavy atom. The minimum atomic E-state index is -4.73. The summed E-state index contributed by atoms with van der Waals surface area (Å²) in [5.74, 6) is -1.79. The Labute approximate surface area is 114 Å². The van der Waals surface area contributed by atoms with Crippen LogP contribution in [-0.2, 0) is 11.6 Å². The fourth-order valence-corrected chi connectivity index (χ4v) is 2.51. The summed E-state index contributed by atoms with van der Waals surface area (Å²) in [6.07, 6.45) is -3.51. The normalized spacial score (nSPS) is 18.8. The summed E-state index contributed by atoms with van der Waals surface area (Å²) in [4.78, 5) is 11.6. The first kappa shape index (κ1) is 14.8. The van der Waals surface area contributed by atoms with Crippen molar-refractivity contribution < 1.29 is 22.4 Å². The molecule has 1 aliphatic carbocycles. The lowest BCUT2D eigenvalue weighted by Crippen LogP contribution is -2.40. The number of hydrogen-bond donors (Lipinski definition) is 1. The number of amides is 1. The third-order valence-electron chi connectivity index (χ3n) is 3.66. The first-order valence-corrected chi connectivity index (χ1v) is 6.53. The van der Waals surface area contributed by atoms with Crippen LogP contribution in [0.5, 0.6) is 0 Å². The van der Waals surface area contributed by atoms with E-state index in [0.29, 0.717) is 18.9 Å². The molecule has 0 atom stereocenters. The molecule has 0 unspecified atom stereocenters. The van der Waals surface area contributed by atoms with Gasteiger partial charge in [0.05, 0.1) is 5.56 Å². The van der Waals surface area contributed by atoms with Crippen molar-refractivity contribution in [3.8, 4) is 0 Å². The van der Waals surface area contributed by atoms with E-state index in [1.165, 1.54) is 0 Å². The number of halogens is 4. The molecule has 2 aliphatic rings. The smallest absolute Gasteiger partial charge is 0.351 e. The van der Waals surface area contributed by atoms with Gasteiger partial charge in [-0.15, -0.1) is 0 Å². The molecule has 1 aromatic rings.